The summed E-state index contributed by atoms with van der Waals surface area (Å²) in [7, 11) is 1.78. The molecule has 0 aliphatic rings. The number of hydrogen-bond donors (Lipinski definition) is 1. The highest BCUT2D eigenvalue weighted by atomic mass is 19.1. The van der Waals surface area contributed by atoms with Crippen LogP contribution in [0.5, 0.6) is 0 Å². The summed E-state index contributed by atoms with van der Waals surface area (Å²) >= 11 is 0. The maximum Gasteiger partial charge on any atom is 0.124 e. The van der Waals surface area contributed by atoms with Gasteiger partial charge in [-0.15, -0.1) is 0 Å². The van der Waals surface area contributed by atoms with Gasteiger partial charge in [-0.25, -0.2) is 4.39 Å². The standard InChI is InChI=1S/C11H12FN3/c1-7-3-8(5-9(12)4-7)11-10(13)6-14-15(11)2/h3-6H,13H2,1-2H3. The van der Waals surface area contributed by atoms with Crippen molar-refractivity contribution >= 4 is 5.69 Å². The molecule has 0 unspecified atom stereocenters. The smallest absolute Gasteiger partial charge is 0.124 e. The van der Waals surface area contributed by atoms with Crippen molar-refractivity contribution in [3.63, 3.8) is 0 Å². The summed E-state index contributed by atoms with van der Waals surface area (Å²) in [6.45, 7) is 1.85. The minimum atomic E-state index is -0.259. The van der Waals surface area contributed by atoms with Crippen molar-refractivity contribution in [1.29, 1.82) is 0 Å². The molecule has 0 spiro atoms. The zero-order valence-electron chi connectivity index (χ0n) is 8.66. The van der Waals surface area contributed by atoms with Gasteiger partial charge in [0, 0.05) is 12.6 Å². The van der Waals surface area contributed by atoms with Crippen LogP contribution in [0.25, 0.3) is 11.3 Å². The van der Waals surface area contributed by atoms with Crippen LogP contribution >= 0.6 is 0 Å². The third-order valence-corrected chi connectivity index (χ3v) is 2.28. The highest BCUT2D eigenvalue weighted by Crippen LogP contribution is 2.26. The number of aromatic nitrogens is 2. The fourth-order valence-corrected chi connectivity index (χ4v) is 1.68. The van der Waals surface area contributed by atoms with Crippen molar-refractivity contribution in [2.45, 2.75) is 6.92 Å². The van der Waals surface area contributed by atoms with Crippen molar-refractivity contribution in [2.24, 2.45) is 7.05 Å². The normalized spacial score (nSPS) is 10.6. The van der Waals surface area contributed by atoms with Crippen LogP contribution in [-0.4, -0.2) is 9.78 Å². The van der Waals surface area contributed by atoms with Gasteiger partial charge in [0.1, 0.15) is 5.82 Å². The summed E-state index contributed by atoms with van der Waals surface area (Å²) in [4.78, 5) is 0. The molecule has 2 aromatic rings. The quantitative estimate of drug-likeness (QED) is 0.774. The van der Waals surface area contributed by atoms with E-state index in [0.29, 0.717) is 5.69 Å². The van der Waals surface area contributed by atoms with Crippen LogP contribution in [0.3, 0.4) is 0 Å². The van der Waals surface area contributed by atoms with Gasteiger partial charge in [-0.2, -0.15) is 5.10 Å². The number of nitrogen functional groups attached to an aromatic ring is 1. The van der Waals surface area contributed by atoms with Gasteiger partial charge in [0.2, 0.25) is 0 Å². The van der Waals surface area contributed by atoms with Crippen molar-refractivity contribution in [1.82, 2.24) is 9.78 Å². The summed E-state index contributed by atoms with van der Waals surface area (Å²) in [6, 6.07) is 4.83. The first-order chi connectivity index (χ1) is 7.08. The first-order valence-corrected chi connectivity index (χ1v) is 4.63. The van der Waals surface area contributed by atoms with Gasteiger partial charge in [-0.3, -0.25) is 4.68 Å². The Morgan fingerprint density at radius 1 is 1.33 bits per heavy atom. The lowest BCUT2D eigenvalue weighted by Gasteiger charge is -2.05. The predicted molar refractivity (Wildman–Crippen MR) is 57.8 cm³/mol. The van der Waals surface area contributed by atoms with E-state index in [2.05, 4.69) is 5.10 Å². The van der Waals surface area contributed by atoms with Crippen LogP contribution < -0.4 is 5.73 Å². The molecule has 4 heteroatoms. The van der Waals surface area contributed by atoms with E-state index in [-0.39, 0.29) is 5.82 Å². The molecule has 78 valence electrons. The number of halogens is 1. The first-order valence-electron chi connectivity index (χ1n) is 4.63. The van der Waals surface area contributed by atoms with Gasteiger partial charge >= 0.3 is 0 Å². The zero-order chi connectivity index (χ0) is 11.0. The summed E-state index contributed by atoms with van der Waals surface area (Å²) in [5.41, 5.74) is 8.69. The first kappa shape index (κ1) is 9.71. The number of aryl methyl sites for hydroxylation is 2. The Balaban J connectivity index is 2.63. The molecule has 2 N–H and O–H groups in total. The number of nitrogens with zero attached hydrogens (tertiary/aromatic N) is 2. The maximum atomic E-state index is 13.2. The number of nitrogens with two attached hydrogens (primary N) is 1. The number of benzene rings is 1. The van der Waals surface area contributed by atoms with E-state index < -0.39 is 0 Å². The minimum Gasteiger partial charge on any atom is -0.396 e. The molecule has 0 radical (unpaired) electrons. The van der Waals surface area contributed by atoms with Gasteiger partial charge in [0.15, 0.2) is 0 Å². The average molecular weight is 205 g/mol. The van der Waals surface area contributed by atoms with E-state index in [0.717, 1.165) is 16.8 Å². The molecular weight excluding hydrogens is 193 g/mol. The second-order valence-corrected chi connectivity index (χ2v) is 3.59. The van der Waals surface area contributed by atoms with Gasteiger partial charge in [-0.05, 0) is 30.7 Å². The largest absolute Gasteiger partial charge is 0.396 e. The van der Waals surface area contributed by atoms with E-state index in [1.165, 1.54) is 12.1 Å². The average Bonchev–Trinajstić information content (AvgIpc) is 2.44. The topological polar surface area (TPSA) is 43.8 Å². The SMILES string of the molecule is Cc1cc(F)cc(-c2c(N)cnn2C)c1. The Hall–Kier alpha value is -1.84. The second kappa shape index (κ2) is 3.38. The number of rotatable bonds is 1. The molecule has 0 amide bonds. The second-order valence-electron chi connectivity index (χ2n) is 3.59. The Morgan fingerprint density at radius 2 is 2.07 bits per heavy atom. The summed E-state index contributed by atoms with van der Waals surface area (Å²) in [6.07, 6.45) is 1.57. The molecule has 2 rings (SSSR count). The maximum absolute atomic E-state index is 13.2. The molecule has 0 bridgehead atoms. The molecule has 0 aliphatic heterocycles. The highest BCUT2D eigenvalue weighted by molar-refractivity contribution is 5.72. The van der Waals surface area contributed by atoms with E-state index in [1.807, 2.05) is 13.0 Å². The molecule has 1 aromatic carbocycles. The molecule has 1 heterocycles. The van der Waals surface area contributed by atoms with Crippen LogP contribution in [0, 0.1) is 12.7 Å². The van der Waals surface area contributed by atoms with Crippen molar-refractivity contribution in [3.05, 3.63) is 35.8 Å². The van der Waals surface area contributed by atoms with Crippen LogP contribution in [0.15, 0.2) is 24.4 Å². The zero-order valence-corrected chi connectivity index (χ0v) is 8.66. The van der Waals surface area contributed by atoms with Crippen molar-refractivity contribution in [2.75, 3.05) is 5.73 Å². The van der Waals surface area contributed by atoms with Gasteiger partial charge in [-0.1, -0.05) is 0 Å². The lowest BCUT2D eigenvalue weighted by atomic mass is 10.1. The number of hydrogen-bond acceptors (Lipinski definition) is 2. The molecule has 15 heavy (non-hydrogen) atoms. The Morgan fingerprint density at radius 3 is 2.60 bits per heavy atom. The molecule has 0 saturated heterocycles. The fourth-order valence-electron chi connectivity index (χ4n) is 1.68. The van der Waals surface area contributed by atoms with Crippen LogP contribution in [0.1, 0.15) is 5.56 Å². The molecule has 0 saturated carbocycles. The van der Waals surface area contributed by atoms with E-state index >= 15 is 0 Å². The lowest BCUT2D eigenvalue weighted by molar-refractivity contribution is 0.627. The monoisotopic (exact) mass is 205 g/mol. The molecule has 0 atom stereocenters. The van der Waals surface area contributed by atoms with Gasteiger partial charge < -0.3 is 5.73 Å². The van der Waals surface area contributed by atoms with Crippen molar-refractivity contribution in [3.8, 4) is 11.3 Å². The number of anilines is 1. The van der Waals surface area contributed by atoms with E-state index in [9.17, 15) is 4.39 Å². The Bertz CT molecular complexity index is 463. The van der Waals surface area contributed by atoms with E-state index in [4.69, 9.17) is 5.73 Å². The Labute approximate surface area is 87.3 Å². The van der Waals surface area contributed by atoms with Crippen LogP contribution in [-0.2, 0) is 7.05 Å². The summed E-state index contributed by atoms with van der Waals surface area (Å²) < 4.78 is 14.9. The van der Waals surface area contributed by atoms with Crippen molar-refractivity contribution < 1.29 is 4.39 Å². The summed E-state index contributed by atoms with van der Waals surface area (Å²) in [5.74, 6) is -0.259. The van der Waals surface area contributed by atoms with Gasteiger partial charge in [0.25, 0.3) is 0 Å². The minimum absolute atomic E-state index is 0.259. The summed E-state index contributed by atoms with van der Waals surface area (Å²) in [5, 5.41) is 4.02. The molecule has 3 nitrogen and oxygen atoms in total. The Kier molecular flexibility index (Phi) is 2.19. The lowest BCUT2D eigenvalue weighted by Crippen LogP contribution is -1.96. The molecule has 0 aliphatic carbocycles. The van der Waals surface area contributed by atoms with Crippen LogP contribution in [0.2, 0.25) is 0 Å². The highest BCUT2D eigenvalue weighted by Gasteiger charge is 2.09. The predicted octanol–water partition coefficient (Wildman–Crippen LogP) is 2.12. The molecule has 0 fully saturated rings. The van der Waals surface area contributed by atoms with E-state index in [1.54, 1.807) is 17.9 Å². The molecule has 1 aromatic heterocycles. The third-order valence-electron chi connectivity index (χ3n) is 2.28. The fraction of sp³-hybridized carbons (Fsp3) is 0.182. The van der Waals surface area contributed by atoms with Crippen LogP contribution in [0.4, 0.5) is 10.1 Å². The van der Waals surface area contributed by atoms with Gasteiger partial charge in [0.05, 0.1) is 17.6 Å². The third kappa shape index (κ3) is 1.70. The molecular formula is C11H12FN3.